The number of carbonyl (C=O) groups is 1. The summed E-state index contributed by atoms with van der Waals surface area (Å²) in [5.41, 5.74) is -0.0379. The Morgan fingerprint density at radius 2 is 1.95 bits per heavy atom. The van der Waals surface area contributed by atoms with Gasteiger partial charge in [0.15, 0.2) is 11.6 Å². The molecule has 3 aromatic rings. The lowest BCUT2D eigenvalue weighted by molar-refractivity contribution is -0.141. The van der Waals surface area contributed by atoms with Crippen LogP contribution in [0.5, 0.6) is 5.75 Å². The number of aromatic nitrogens is 1. The van der Waals surface area contributed by atoms with Gasteiger partial charge in [-0.25, -0.2) is 22.0 Å². The molecule has 2 N–H and O–H groups in total. The fraction of sp³-hybridized carbons (Fsp3) is 0.448. The summed E-state index contributed by atoms with van der Waals surface area (Å²) < 4.78 is 75.6. The number of alkyl halides is 2. The highest BCUT2D eigenvalue weighted by molar-refractivity contribution is 5.85. The summed E-state index contributed by atoms with van der Waals surface area (Å²) in [5, 5.41) is 12.8. The van der Waals surface area contributed by atoms with Crippen molar-refractivity contribution in [2.75, 3.05) is 38.6 Å². The topological polar surface area (TPSA) is 74.7 Å². The van der Waals surface area contributed by atoms with E-state index >= 15 is 4.39 Å². The fourth-order valence-electron chi connectivity index (χ4n) is 5.53. The summed E-state index contributed by atoms with van der Waals surface area (Å²) >= 11 is 0. The number of hydrogen-bond acceptors (Lipinski definition) is 5. The number of rotatable bonds is 12. The number of piperidine rings is 1. The minimum Gasteiger partial charge on any atom is -0.497 e. The SMILES string of the molecule is COc1ccc2ncc(CF)c(C(F)CCC3(CC(=O)O)CCN(CCNc4cc(F)cc(F)c4F)CC3)c2c1. The molecule has 2 aromatic carbocycles. The number of nitrogens with zero attached hydrogens (tertiary/aromatic N) is 2. The average molecular weight is 566 g/mol. The molecule has 1 aliphatic rings. The van der Waals surface area contributed by atoms with Crippen molar-refractivity contribution in [3.05, 3.63) is 65.1 Å². The number of carboxylic acids is 1. The molecule has 6 nitrogen and oxygen atoms in total. The molecule has 0 saturated carbocycles. The van der Waals surface area contributed by atoms with Crippen LogP contribution in [-0.4, -0.2) is 54.2 Å². The van der Waals surface area contributed by atoms with Gasteiger partial charge < -0.3 is 20.1 Å². The second-order valence-corrected chi connectivity index (χ2v) is 10.3. The van der Waals surface area contributed by atoms with Crippen LogP contribution >= 0.6 is 0 Å². The predicted molar refractivity (Wildman–Crippen MR) is 141 cm³/mol. The van der Waals surface area contributed by atoms with Crippen molar-refractivity contribution in [1.29, 1.82) is 0 Å². The van der Waals surface area contributed by atoms with E-state index in [0.29, 0.717) is 61.6 Å². The third-order valence-corrected chi connectivity index (χ3v) is 7.76. The third kappa shape index (κ3) is 6.80. The van der Waals surface area contributed by atoms with Crippen LogP contribution < -0.4 is 10.1 Å². The van der Waals surface area contributed by atoms with Crippen molar-refractivity contribution in [3.63, 3.8) is 0 Å². The van der Waals surface area contributed by atoms with Gasteiger partial charge in [0.1, 0.15) is 24.4 Å². The number of ether oxygens (including phenoxy) is 1. The van der Waals surface area contributed by atoms with E-state index in [1.807, 2.05) is 4.90 Å². The lowest BCUT2D eigenvalue weighted by Gasteiger charge is -2.41. The molecule has 216 valence electrons. The molecule has 1 fully saturated rings. The van der Waals surface area contributed by atoms with Crippen molar-refractivity contribution in [2.45, 2.75) is 45.0 Å². The number of hydrogen-bond donors (Lipinski definition) is 2. The van der Waals surface area contributed by atoms with E-state index in [4.69, 9.17) is 4.74 Å². The Kier molecular flexibility index (Phi) is 9.44. The standard InChI is InChI=1S/C29H32F5N3O3/c1-40-20-2-3-24-21(14-20)27(18(16-30)17-36-24)22(32)4-5-29(15-26(38)39)6-9-37(10-7-29)11-8-35-25-13-19(31)12-23(33)28(25)34/h2-3,12-14,17,22,35H,4-11,15-16H2,1H3,(H,38,39). The molecule has 0 amide bonds. The molecule has 1 atom stereocenters. The molecule has 1 aliphatic heterocycles. The Hall–Kier alpha value is -3.47. The minimum atomic E-state index is -1.53. The van der Waals surface area contributed by atoms with Crippen LogP contribution in [0.25, 0.3) is 10.9 Å². The van der Waals surface area contributed by atoms with Gasteiger partial charge in [-0.15, -0.1) is 0 Å². The highest BCUT2D eigenvalue weighted by atomic mass is 19.2. The average Bonchev–Trinajstić information content (AvgIpc) is 2.94. The quantitative estimate of drug-likeness (QED) is 0.191. The Balaban J connectivity index is 1.41. The number of methoxy groups -OCH3 is 1. The Morgan fingerprint density at radius 1 is 1.20 bits per heavy atom. The summed E-state index contributed by atoms with van der Waals surface area (Å²) in [5.74, 6) is -3.80. The maximum atomic E-state index is 15.8. The number of benzene rings is 2. The number of carboxylic acid groups (broad SMARTS) is 1. The van der Waals surface area contributed by atoms with E-state index in [0.717, 1.165) is 6.07 Å². The zero-order chi connectivity index (χ0) is 28.9. The lowest BCUT2D eigenvalue weighted by Crippen LogP contribution is -2.43. The maximum Gasteiger partial charge on any atom is 0.303 e. The number of anilines is 1. The number of nitrogens with one attached hydrogen (secondary N) is 1. The Bertz CT molecular complexity index is 1340. The second-order valence-electron chi connectivity index (χ2n) is 10.3. The van der Waals surface area contributed by atoms with Crippen LogP contribution in [0, 0.1) is 22.9 Å². The summed E-state index contributed by atoms with van der Waals surface area (Å²) in [7, 11) is 1.48. The van der Waals surface area contributed by atoms with Gasteiger partial charge in [0, 0.05) is 47.9 Å². The summed E-state index contributed by atoms with van der Waals surface area (Å²) in [6.45, 7) is 0.833. The summed E-state index contributed by atoms with van der Waals surface area (Å²) in [6.07, 6.45) is 0.979. The Morgan fingerprint density at radius 3 is 2.62 bits per heavy atom. The van der Waals surface area contributed by atoms with E-state index in [1.165, 1.54) is 13.3 Å². The zero-order valence-corrected chi connectivity index (χ0v) is 22.2. The van der Waals surface area contributed by atoms with Gasteiger partial charge in [-0.2, -0.15) is 0 Å². The molecule has 4 rings (SSSR count). The van der Waals surface area contributed by atoms with Gasteiger partial charge in [0.05, 0.1) is 24.7 Å². The monoisotopic (exact) mass is 565 g/mol. The molecule has 1 saturated heterocycles. The normalized spacial score (nSPS) is 16.1. The first-order chi connectivity index (χ1) is 19.1. The molecule has 2 heterocycles. The molecular formula is C29H32F5N3O3. The molecule has 1 unspecified atom stereocenters. The van der Waals surface area contributed by atoms with Gasteiger partial charge in [-0.1, -0.05) is 0 Å². The van der Waals surface area contributed by atoms with Crippen molar-refractivity contribution >= 4 is 22.6 Å². The Labute approximate surface area is 229 Å². The van der Waals surface area contributed by atoms with Crippen LogP contribution in [-0.2, 0) is 11.5 Å². The van der Waals surface area contributed by atoms with Gasteiger partial charge in [0.25, 0.3) is 0 Å². The van der Waals surface area contributed by atoms with Crippen LogP contribution in [0.2, 0.25) is 0 Å². The molecule has 0 bridgehead atoms. The van der Waals surface area contributed by atoms with E-state index < -0.39 is 41.7 Å². The van der Waals surface area contributed by atoms with Crippen LogP contribution in [0.1, 0.15) is 49.4 Å². The smallest absolute Gasteiger partial charge is 0.303 e. The van der Waals surface area contributed by atoms with E-state index in [-0.39, 0.29) is 36.2 Å². The first-order valence-electron chi connectivity index (χ1n) is 13.1. The molecule has 11 heteroatoms. The van der Waals surface area contributed by atoms with Crippen molar-refractivity contribution in [2.24, 2.45) is 5.41 Å². The lowest BCUT2D eigenvalue weighted by atomic mass is 9.71. The van der Waals surface area contributed by atoms with Crippen molar-refractivity contribution < 1.29 is 36.6 Å². The van der Waals surface area contributed by atoms with Gasteiger partial charge in [0.2, 0.25) is 0 Å². The number of aliphatic carboxylic acids is 1. The molecule has 0 spiro atoms. The highest BCUT2D eigenvalue weighted by Crippen LogP contribution is 2.43. The number of halogens is 5. The van der Waals surface area contributed by atoms with Crippen molar-refractivity contribution in [3.8, 4) is 5.75 Å². The van der Waals surface area contributed by atoms with Crippen LogP contribution in [0.4, 0.5) is 27.6 Å². The van der Waals surface area contributed by atoms with Crippen LogP contribution in [0.15, 0.2) is 36.5 Å². The van der Waals surface area contributed by atoms with Gasteiger partial charge >= 0.3 is 5.97 Å². The molecule has 1 aromatic heterocycles. The summed E-state index contributed by atoms with van der Waals surface area (Å²) in [6, 6.07) is 6.37. The second kappa shape index (κ2) is 12.8. The predicted octanol–water partition coefficient (Wildman–Crippen LogP) is 6.59. The zero-order valence-electron chi connectivity index (χ0n) is 22.2. The third-order valence-electron chi connectivity index (χ3n) is 7.76. The van der Waals surface area contributed by atoms with E-state index in [2.05, 4.69) is 10.3 Å². The first-order valence-corrected chi connectivity index (χ1v) is 13.1. The molecular weight excluding hydrogens is 533 g/mol. The first kappa shape index (κ1) is 29.5. The van der Waals surface area contributed by atoms with Crippen molar-refractivity contribution in [1.82, 2.24) is 9.88 Å². The fourth-order valence-corrected chi connectivity index (χ4v) is 5.53. The molecule has 0 radical (unpaired) electrons. The summed E-state index contributed by atoms with van der Waals surface area (Å²) in [4.78, 5) is 18.0. The van der Waals surface area contributed by atoms with E-state index in [1.54, 1.807) is 18.2 Å². The number of likely N-dealkylation sites (tertiary alicyclic amines) is 1. The maximum absolute atomic E-state index is 15.8. The van der Waals surface area contributed by atoms with Crippen LogP contribution in [0.3, 0.4) is 0 Å². The molecule has 0 aliphatic carbocycles. The van der Waals surface area contributed by atoms with E-state index in [9.17, 15) is 27.5 Å². The highest BCUT2D eigenvalue weighted by Gasteiger charge is 2.37. The number of pyridine rings is 1. The minimum absolute atomic E-state index is 0.0164. The molecule has 40 heavy (non-hydrogen) atoms. The number of fused-ring (bicyclic) bond motifs is 1. The van der Waals surface area contributed by atoms with Gasteiger partial charge in [-0.3, -0.25) is 9.78 Å². The largest absolute Gasteiger partial charge is 0.497 e. The van der Waals surface area contributed by atoms with Gasteiger partial charge in [-0.05, 0) is 62.4 Å².